The van der Waals surface area contributed by atoms with Crippen LogP contribution in [0.1, 0.15) is 16.1 Å². The first-order valence-electron chi connectivity index (χ1n) is 5.36. The van der Waals surface area contributed by atoms with E-state index in [1.807, 2.05) is 0 Å². The zero-order valence-corrected chi connectivity index (χ0v) is 9.76. The van der Waals surface area contributed by atoms with Crippen molar-refractivity contribution in [1.82, 2.24) is 10.3 Å². The lowest BCUT2D eigenvalue weighted by atomic mass is 10.2. The van der Waals surface area contributed by atoms with Gasteiger partial charge in [-0.3, -0.25) is 4.79 Å². The van der Waals surface area contributed by atoms with E-state index in [0.717, 1.165) is 0 Å². The summed E-state index contributed by atoms with van der Waals surface area (Å²) in [5.74, 6) is -1.34. The Balaban J connectivity index is 2.34. The van der Waals surface area contributed by atoms with E-state index in [-0.39, 0.29) is 24.8 Å². The van der Waals surface area contributed by atoms with Crippen LogP contribution < -0.4 is 11.1 Å². The van der Waals surface area contributed by atoms with Crippen molar-refractivity contribution in [3.05, 3.63) is 29.6 Å². The number of ether oxygens (including phenoxy) is 1. The largest absolute Gasteiger partial charge is 0.477 e. The minimum Gasteiger partial charge on any atom is -0.477 e. The Morgan fingerprint density at radius 2 is 2.22 bits per heavy atom. The Labute approximate surface area is 104 Å². The highest BCUT2D eigenvalue weighted by atomic mass is 16.5. The predicted molar refractivity (Wildman–Crippen MR) is 62.9 cm³/mol. The number of aromatic nitrogens is 1. The number of nitrogens with one attached hydrogen (secondary N) is 1. The second-order valence-corrected chi connectivity index (χ2v) is 3.47. The summed E-state index contributed by atoms with van der Waals surface area (Å²) in [5.41, 5.74) is 5.89. The molecule has 0 unspecified atom stereocenters. The van der Waals surface area contributed by atoms with Gasteiger partial charge in [-0.15, -0.1) is 0 Å². The number of pyridine rings is 1. The number of carboxylic acids is 1. The Morgan fingerprint density at radius 3 is 2.78 bits per heavy atom. The molecule has 4 N–H and O–H groups in total. The Kier molecular flexibility index (Phi) is 5.75. The van der Waals surface area contributed by atoms with Crippen LogP contribution >= 0.6 is 0 Å². The van der Waals surface area contributed by atoms with Crippen LogP contribution in [-0.2, 0) is 16.1 Å². The zero-order valence-electron chi connectivity index (χ0n) is 9.76. The summed E-state index contributed by atoms with van der Waals surface area (Å²) in [4.78, 5) is 25.6. The molecular formula is C11H15N3O4. The number of rotatable bonds is 7. The van der Waals surface area contributed by atoms with Gasteiger partial charge in [0.05, 0.1) is 6.61 Å². The summed E-state index contributed by atoms with van der Waals surface area (Å²) in [5, 5.41) is 11.3. The van der Waals surface area contributed by atoms with Gasteiger partial charge in [-0.05, 0) is 11.6 Å². The quantitative estimate of drug-likeness (QED) is 0.557. The monoisotopic (exact) mass is 253 g/mol. The Bertz CT molecular complexity index is 405. The molecule has 18 heavy (non-hydrogen) atoms. The molecule has 7 nitrogen and oxygen atoms in total. The first-order valence-corrected chi connectivity index (χ1v) is 5.36. The Morgan fingerprint density at radius 1 is 1.44 bits per heavy atom. The number of nitrogens with two attached hydrogens (primary N) is 1. The fraction of sp³-hybridized carbons (Fsp3) is 0.364. The molecule has 7 heteroatoms. The van der Waals surface area contributed by atoms with Crippen LogP contribution in [0.25, 0.3) is 0 Å². The predicted octanol–water partition coefficient (Wildman–Crippen LogP) is -0.629. The molecule has 1 aromatic heterocycles. The number of carbonyl (C=O) groups excluding carboxylic acids is 1. The molecule has 1 heterocycles. The van der Waals surface area contributed by atoms with Gasteiger partial charge >= 0.3 is 5.97 Å². The van der Waals surface area contributed by atoms with Crippen molar-refractivity contribution >= 4 is 11.9 Å². The lowest BCUT2D eigenvalue weighted by molar-refractivity contribution is -0.125. The number of carboxylic acid groups (broad SMARTS) is 1. The maximum atomic E-state index is 11.3. The molecule has 0 bridgehead atoms. The van der Waals surface area contributed by atoms with E-state index in [1.165, 1.54) is 12.3 Å². The lowest BCUT2D eigenvalue weighted by Crippen LogP contribution is -2.28. The maximum Gasteiger partial charge on any atom is 0.354 e. The summed E-state index contributed by atoms with van der Waals surface area (Å²) in [6.07, 6.45) is 1.41. The van der Waals surface area contributed by atoms with E-state index < -0.39 is 5.97 Å². The van der Waals surface area contributed by atoms with Crippen LogP contribution in [0.2, 0.25) is 0 Å². The number of aromatic carboxylic acids is 1. The molecule has 0 spiro atoms. The molecule has 0 fully saturated rings. The fourth-order valence-electron chi connectivity index (χ4n) is 1.16. The molecule has 0 saturated heterocycles. The first kappa shape index (κ1) is 14.1. The fourth-order valence-corrected chi connectivity index (χ4v) is 1.16. The van der Waals surface area contributed by atoms with Crippen molar-refractivity contribution < 1.29 is 19.4 Å². The van der Waals surface area contributed by atoms with E-state index in [4.69, 9.17) is 15.6 Å². The maximum absolute atomic E-state index is 11.3. The number of hydrogen-bond donors (Lipinski definition) is 3. The van der Waals surface area contributed by atoms with E-state index in [2.05, 4.69) is 10.3 Å². The molecule has 1 amide bonds. The second-order valence-electron chi connectivity index (χ2n) is 3.47. The average molecular weight is 253 g/mol. The standard InChI is InChI=1S/C11H15N3O4/c12-3-4-18-7-10(15)14-6-8-1-2-9(11(16)17)13-5-8/h1-2,5H,3-4,6-7,12H2,(H,14,15)(H,16,17). The molecular weight excluding hydrogens is 238 g/mol. The molecule has 0 aliphatic carbocycles. The molecule has 0 atom stereocenters. The topological polar surface area (TPSA) is 115 Å². The third kappa shape index (κ3) is 4.89. The zero-order chi connectivity index (χ0) is 13.4. The summed E-state index contributed by atoms with van der Waals surface area (Å²) >= 11 is 0. The molecule has 98 valence electrons. The van der Waals surface area contributed by atoms with E-state index in [1.54, 1.807) is 6.07 Å². The van der Waals surface area contributed by atoms with Crippen LogP contribution in [0.4, 0.5) is 0 Å². The van der Waals surface area contributed by atoms with E-state index >= 15 is 0 Å². The molecule has 0 radical (unpaired) electrons. The number of nitrogens with zero attached hydrogens (tertiary/aromatic N) is 1. The van der Waals surface area contributed by atoms with E-state index in [0.29, 0.717) is 18.7 Å². The third-order valence-electron chi connectivity index (χ3n) is 2.03. The molecule has 1 rings (SSSR count). The minimum atomic E-state index is -1.08. The second kappa shape index (κ2) is 7.36. The van der Waals surface area contributed by atoms with Gasteiger partial charge in [-0.1, -0.05) is 6.07 Å². The molecule has 0 aromatic carbocycles. The van der Waals surface area contributed by atoms with Gasteiger partial charge in [-0.25, -0.2) is 9.78 Å². The van der Waals surface area contributed by atoms with Crippen molar-refractivity contribution in [3.8, 4) is 0 Å². The highest BCUT2D eigenvalue weighted by Crippen LogP contribution is 2.00. The smallest absolute Gasteiger partial charge is 0.354 e. The SMILES string of the molecule is NCCOCC(=O)NCc1ccc(C(=O)O)nc1. The van der Waals surface area contributed by atoms with Crippen molar-refractivity contribution in [3.63, 3.8) is 0 Å². The Hall–Kier alpha value is -1.99. The number of amides is 1. The van der Waals surface area contributed by atoms with Gasteiger partial charge < -0.3 is 20.9 Å². The minimum absolute atomic E-state index is 0.0312. The number of carbonyl (C=O) groups is 2. The van der Waals surface area contributed by atoms with Gasteiger partial charge in [-0.2, -0.15) is 0 Å². The summed E-state index contributed by atoms with van der Waals surface area (Å²) in [7, 11) is 0. The van der Waals surface area contributed by atoms with Gasteiger partial charge in [0.25, 0.3) is 0 Å². The van der Waals surface area contributed by atoms with Crippen molar-refractivity contribution in [2.75, 3.05) is 19.8 Å². The van der Waals surface area contributed by atoms with Crippen molar-refractivity contribution in [2.45, 2.75) is 6.54 Å². The van der Waals surface area contributed by atoms with Gasteiger partial charge in [0.1, 0.15) is 12.3 Å². The molecule has 0 aliphatic rings. The highest BCUT2D eigenvalue weighted by molar-refractivity contribution is 5.85. The molecule has 0 saturated carbocycles. The molecule has 0 aliphatic heterocycles. The van der Waals surface area contributed by atoms with Crippen LogP contribution in [0.15, 0.2) is 18.3 Å². The summed E-state index contributed by atoms with van der Waals surface area (Å²) in [6, 6.07) is 2.98. The van der Waals surface area contributed by atoms with Crippen LogP contribution in [-0.4, -0.2) is 41.7 Å². The average Bonchev–Trinajstić information content (AvgIpc) is 2.37. The van der Waals surface area contributed by atoms with Crippen molar-refractivity contribution in [2.24, 2.45) is 5.73 Å². The van der Waals surface area contributed by atoms with Crippen LogP contribution in [0.3, 0.4) is 0 Å². The first-order chi connectivity index (χ1) is 8.63. The van der Waals surface area contributed by atoms with Crippen molar-refractivity contribution in [1.29, 1.82) is 0 Å². The van der Waals surface area contributed by atoms with Gasteiger partial charge in [0.15, 0.2) is 0 Å². The summed E-state index contributed by atoms with van der Waals surface area (Å²) in [6.45, 7) is 0.936. The van der Waals surface area contributed by atoms with Crippen LogP contribution in [0, 0.1) is 0 Å². The molecule has 1 aromatic rings. The number of hydrogen-bond acceptors (Lipinski definition) is 5. The summed E-state index contributed by atoms with van der Waals surface area (Å²) < 4.78 is 4.95. The van der Waals surface area contributed by atoms with E-state index in [9.17, 15) is 9.59 Å². The normalized spacial score (nSPS) is 10.1. The van der Waals surface area contributed by atoms with Gasteiger partial charge in [0.2, 0.25) is 5.91 Å². The third-order valence-corrected chi connectivity index (χ3v) is 2.03. The van der Waals surface area contributed by atoms with Crippen LogP contribution in [0.5, 0.6) is 0 Å². The highest BCUT2D eigenvalue weighted by Gasteiger charge is 2.05. The lowest BCUT2D eigenvalue weighted by Gasteiger charge is -2.05. The van der Waals surface area contributed by atoms with Gasteiger partial charge in [0, 0.05) is 19.3 Å².